The molecule has 0 bridgehead atoms. The van der Waals surface area contributed by atoms with E-state index in [1.54, 1.807) is 43.2 Å². The summed E-state index contributed by atoms with van der Waals surface area (Å²) >= 11 is 5.90. The lowest BCUT2D eigenvalue weighted by molar-refractivity contribution is -0.386. The minimum Gasteiger partial charge on any atom is -0.318 e. The fourth-order valence-corrected chi connectivity index (χ4v) is 3.40. The van der Waals surface area contributed by atoms with E-state index < -0.39 is 10.8 Å². The maximum Gasteiger partial charge on any atom is 0.312 e. The molecule has 0 saturated carbocycles. The molecule has 1 aromatic carbocycles. The van der Waals surface area contributed by atoms with Crippen molar-refractivity contribution in [1.82, 2.24) is 29.3 Å². The molecule has 0 aliphatic heterocycles. The Balaban J connectivity index is 1.40. The van der Waals surface area contributed by atoms with Gasteiger partial charge in [-0.05, 0) is 37.6 Å². The van der Waals surface area contributed by atoms with Gasteiger partial charge in [0.1, 0.15) is 18.1 Å². The molecule has 0 radical (unpaired) electrons. The Morgan fingerprint density at radius 1 is 1.16 bits per heavy atom. The number of aryl methyl sites for hydroxylation is 1. The molecule has 0 spiro atoms. The first-order valence-electron chi connectivity index (χ1n) is 9.60. The Labute approximate surface area is 187 Å². The first-order valence-corrected chi connectivity index (χ1v) is 9.98. The molecule has 1 N–H and O–H groups in total. The second kappa shape index (κ2) is 8.63. The van der Waals surface area contributed by atoms with Crippen molar-refractivity contribution in [1.29, 1.82) is 0 Å². The molecule has 12 heteroatoms. The van der Waals surface area contributed by atoms with E-state index in [0.29, 0.717) is 28.6 Å². The summed E-state index contributed by atoms with van der Waals surface area (Å²) in [4.78, 5) is 23.3. The first kappa shape index (κ1) is 21.2. The number of hydrogen-bond acceptors (Lipinski definition) is 6. The number of anilines is 1. The van der Waals surface area contributed by atoms with E-state index in [2.05, 4.69) is 20.6 Å². The molecular weight excluding hydrogens is 436 g/mol. The van der Waals surface area contributed by atoms with Crippen LogP contribution in [0.3, 0.4) is 0 Å². The largest absolute Gasteiger partial charge is 0.318 e. The highest BCUT2D eigenvalue weighted by molar-refractivity contribution is 6.30. The molecule has 0 fully saturated rings. The number of halogens is 1. The van der Waals surface area contributed by atoms with E-state index in [1.165, 1.54) is 9.36 Å². The zero-order valence-corrected chi connectivity index (χ0v) is 18.0. The van der Waals surface area contributed by atoms with Crippen LogP contribution in [0.4, 0.5) is 11.4 Å². The van der Waals surface area contributed by atoms with Gasteiger partial charge in [-0.15, -0.1) is 0 Å². The topological polar surface area (TPSA) is 126 Å². The molecule has 0 unspecified atom stereocenters. The van der Waals surface area contributed by atoms with Crippen molar-refractivity contribution in [2.75, 3.05) is 5.32 Å². The molecular formula is C20H19ClN8O3. The van der Waals surface area contributed by atoms with Gasteiger partial charge in [0.05, 0.1) is 23.4 Å². The van der Waals surface area contributed by atoms with Crippen LogP contribution in [0, 0.1) is 24.0 Å². The van der Waals surface area contributed by atoms with Gasteiger partial charge in [0.2, 0.25) is 0 Å². The van der Waals surface area contributed by atoms with Gasteiger partial charge >= 0.3 is 5.69 Å². The third-order valence-electron chi connectivity index (χ3n) is 4.83. The standard InChI is InChI=1S/C20H19ClN8O3/c1-13-19(29(31)32)14(2)28(24-13)12-26-8-7-18(25-26)20(30)23-17-9-22-27(11-17)10-15-3-5-16(21)6-4-15/h3-9,11H,10,12H2,1-2H3,(H,23,30). The molecule has 3 aromatic heterocycles. The van der Waals surface area contributed by atoms with Crippen molar-refractivity contribution in [3.63, 3.8) is 0 Å². The van der Waals surface area contributed by atoms with Crippen molar-refractivity contribution in [3.05, 3.63) is 86.7 Å². The van der Waals surface area contributed by atoms with Crippen molar-refractivity contribution in [3.8, 4) is 0 Å². The molecule has 11 nitrogen and oxygen atoms in total. The van der Waals surface area contributed by atoms with Gasteiger partial charge < -0.3 is 5.32 Å². The molecule has 164 valence electrons. The Bertz CT molecular complexity index is 1290. The van der Waals surface area contributed by atoms with Crippen molar-refractivity contribution >= 4 is 28.9 Å². The molecule has 0 atom stereocenters. The minimum absolute atomic E-state index is 0.0225. The Morgan fingerprint density at radius 3 is 2.59 bits per heavy atom. The molecule has 4 rings (SSSR count). The van der Waals surface area contributed by atoms with Gasteiger partial charge in [-0.3, -0.25) is 24.3 Å². The van der Waals surface area contributed by atoms with Gasteiger partial charge in [-0.1, -0.05) is 23.7 Å². The third kappa shape index (κ3) is 4.52. The summed E-state index contributed by atoms with van der Waals surface area (Å²) in [6.45, 7) is 3.89. The molecule has 3 heterocycles. The molecule has 32 heavy (non-hydrogen) atoms. The van der Waals surface area contributed by atoms with Crippen LogP contribution in [-0.4, -0.2) is 40.2 Å². The van der Waals surface area contributed by atoms with Gasteiger partial charge in [0, 0.05) is 17.4 Å². The zero-order chi connectivity index (χ0) is 22.8. The van der Waals surface area contributed by atoms with Crippen LogP contribution in [0.15, 0.2) is 48.9 Å². The van der Waals surface area contributed by atoms with Crippen LogP contribution in [0.1, 0.15) is 27.4 Å². The lowest BCUT2D eigenvalue weighted by Gasteiger charge is -2.04. The van der Waals surface area contributed by atoms with Gasteiger partial charge in [-0.25, -0.2) is 4.68 Å². The average molecular weight is 455 g/mol. The number of nitrogens with one attached hydrogen (secondary N) is 1. The summed E-state index contributed by atoms with van der Waals surface area (Å²) in [5, 5.41) is 27.3. The predicted octanol–water partition coefficient (Wildman–Crippen LogP) is 3.26. The molecule has 4 aromatic rings. The van der Waals surface area contributed by atoms with Crippen LogP contribution >= 0.6 is 11.6 Å². The Hall–Kier alpha value is -3.99. The monoisotopic (exact) mass is 454 g/mol. The molecule has 1 amide bonds. The number of benzene rings is 1. The first-order chi connectivity index (χ1) is 15.3. The lowest BCUT2D eigenvalue weighted by atomic mass is 10.2. The van der Waals surface area contributed by atoms with Gasteiger partial charge in [0.25, 0.3) is 5.91 Å². The third-order valence-corrected chi connectivity index (χ3v) is 5.08. The molecule has 0 saturated heterocycles. The summed E-state index contributed by atoms with van der Waals surface area (Å²) in [6.07, 6.45) is 4.89. The van der Waals surface area contributed by atoms with Gasteiger partial charge in [-0.2, -0.15) is 15.3 Å². The molecule has 0 aliphatic rings. The second-order valence-corrected chi connectivity index (χ2v) is 7.60. The summed E-state index contributed by atoms with van der Waals surface area (Å²) in [6, 6.07) is 9.00. The molecule has 0 aliphatic carbocycles. The van der Waals surface area contributed by atoms with Crippen LogP contribution < -0.4 is 5.32 Å². The number of nitrogens with zero attached hydrogens (tertiary/aromatic N) is 7. The minimum atomic E-state index is -0.455. The number of aromatic nitrogens is 6. The van der Waals surface area contributed by atoms with E-state index in [-0.39, 0.29) is 18.1 Å². The van der Waals surface area contributed by atoms with Crippen molar-refractivity contribution in [2.24, 2.45) is 0 Å². The average Bonchev–Trinajstić information content (AvgIpc) is 3.44. The predicted molar refractivity (Wildman–Crippen MR) is 117 cm³/mol. The van der Waals surface area contributed by atoms with E-state index in [1.807, 2.05) is 24.3 Å². The van der Waals surface area contributed by atoms with Crippen LogP contribution in [0.2, 0.25) is 5.02 Å². The van der Waals surface area contributed by atoms with E-state index >= 15 is 0 Å². The summed E-state index contributed by atoms with van der Waals surface area (Å²) in [5.74, 6) is -0.394. The maximum absolute atomic E-state index is 12.5. The number of amides is 1. The second-order valence-electron chi connectivity index (χ2n) is 7.17. The van der Waals surface area contributed by atoms with E-state index in [4.69, 9.17) is 11.6 Å². The van der Waals surface area contributed by atoms with Gasteiger partial charge in [0.15, 0.2) is 5.69 Å². The normalized spacial score (nSPS) is 11.0. The van der Waals surface area contributed by atoms with E-state index in [0.717, 1.165) is 5.56 Å². The van der Waals surface area contributed by atoms with Crippen LogP contribution in [-0.2, 0) is 13.2 Å². The number of nitro groups is 1. The highest BCUT2D eigenvalue weighted by Gasteiger charge is 2.22. The van der Waals surface area contributed by atoms with Crippen LogP contribution in [0.25, 0.3) is 0 Å². The Morgan fingerprint density at radius 2 is 1.91 bits per heavy atom. The lowest BCUT2D eigenvalue weighted by Crippen LogP contribution is -2.15. The van der Waals surface area contributed by atoms with Crippen molar-refractivity contribution < 1.29 is 9.72 Å². The maximum atomic E-state index is 12.5. The highest BCUT2D eigenvalue weighted by atomic mass is 35.5. The number of rotatable bonds is 7. The van der Waals surface area contributed by atoms with Crippen LogP contribution in [0.5, 0.6) is 0 Å². The summed E-state index contributed by atoms with van der Waals surface area (Å²) in [7, 11) is 0. The van der Waals surface area contributed by atoms with Crippen molar-refractivity contribution in [2.45, 2.75) is 27.1 Å². The zero-order valence-electron chi connectivity index (χ0n) is 17.3. The summed E-state index contributed by atoms with van der Waals surface area (Å²) in [5.41, 5.74) is 2.48. The van der Waals surface area contributed by atoms with E-state index in [9.17, 15) is 14.9 Å². The fourth-order valence-electron chi connectivity index (χ4n) is 3.27. The highest BCUT2D eigenvalue weighted by Crippen LogP contribution is 2.21. The fraction of sp³-hybridized carbons (Fsp3) is 0.200. The smallest absolute Gasteiger partial charge is 0.312 e. The quantitative estimate of drug-likeness (QED) is 0.337. The number of carbonyl (C=O) groups excluding carboxylic acids is 1. The Kier molecular flexibility index (Phi) is 5.73. The number of carbonyl (C=O) groups is 1. The number of hydrogen-bond donors (Lipinski definition) is 1. The SMILES string of the molecule is Cc1nn(Cn2ccc(C(=O)Nc3cnn(Cc4ccc(Cl)cc4)c3)n2)c(C)c1[N+](=O)[O-]. The summed E-state index contributed by atoms with van der Waals surface area (Å²) < 4.78 is 4.66.